The summed E-state index contributed by atoms with van der Waals surface area (Å²) in [6.45, 7) is 2.99. The lowest BCUT2D eigenvalue weighted by molar-refractivity contribution is 0.0743. The van der Waals surface area contributed by atoms with Crippen molar-refractivity contribution in [1.82, 2.24) is 4.90 Å². The number of aliphatic hydroxyl groups excluding tert-OH is 1. The highest BCUT2D eigenvalue weighted by molar-refractivity contribution is 7.98. The van der Waals surface area contributed by atoms with Crippen LogP contribution in [0.4, 0.5) is 0 Å². The maximum absolute atomic E-state index is 11.4. The molecule has 2 aromatic rings. The Balaban J connectivity index is 1.79. The molecule has 0 saturated heterocycles. The highest BCUT2D eigenvalue weighted by Crippen LogP contribution is 2.16. The number of carbonyl (C=O) groups excluding carboxylic acids is 1. The fraction of sp³-hybridized carbons (Fsp3) is 0.350. The summed E-state index contributed by atoms with van der Waals surface area (Å²) in [4.78, 5) is 14.7. The Morgan fingerprint density at radius 2 is 1.96 bits per heavy atom. The molecule has 0 aliphatic heterocycles. The molecule has 25 heavy (non-hydrogen) atoms. The monoisotopic (exact) mass is 359 g/mol. The third-order valence-corrected chi connectivity index (χ3v) is 4.56. The maximum Gasteiger partial charge on any atom is 0.159 e. The van der Waals surface area contributed by atoms with Gasteiger partial charge in [-0.1, -0.05) is 24.3 Å². The summed E-state index contributed by atoms with van der Waals surface area (Å²) in [7, 11) is 1.97. The highest BCUT2D eigenvalue weighted by atomic mass is 32.2. The fourth-order valence-electron chi connectivity index (χ4n) is 2.52. The lowest BCUT2D eigenvalue weighted by Gasteiger charge is -2.21. The summed E-state index contributed by atoms with van der Waals surface area (Å²) in [5.74, 6) is 0.597. The predicted molar refractivity (Wildman–Crippen MR) is 103 cm³/mol. The van der Waals surface area contributed by atoms with Crippen LogP contribution < -0.4 is 4.74 Å². The van der Waals surface area contributed by atoms with Crippen LogP contribution in [0.2, 0.25) is 0 Å². The third-order valence-electron chi connectivity index (χ3n) is 3.82. The molecule has 0 aliphatic rings. The molecule has 0 heterocycles. The van der Waals surface area contributed by atoms with E-state index in [-0.39, 0.29) is 12.4 Å². The minimum absolute atomic E-state index is 0.00165. The standard InChI is InChI=1S/C20H25NO3S/c1-15(22)17-5-4-6-19(11-17)24-14-18(23)13-21(2)12-16-7-9-20(25-3)10-8-16/h4-11,18,23H,12-14H2,1-3H3. The Hall–Kier alpha value is -1.82. The number of nitrogens with zero attached hydrogens (tertiary/aromatic N) is 1. The van der Waals surface area contributed by atoms with Crippen molar-refractivity contribution in [3.8, 4) is 5.75 Å². The summed E-state index contributed by atoms with van der Waals surface area (Å²) in [6.07, 6.45) is 1.46. The number of rotatable bonds is 9. The van der Waals surface area contributed by atoms with Gasteiger partial charge in [0, 0.05) is 23.5 Å². The van der Waals surface area contributed by atoms with E-state index < -0.39 is 6.10 Å². The Bertz CT molecular complexity index is 688. The first-order valence-corrected chi connectivity index (χ1v) is 9.43. The Labute approximate surface area is 153 Å². The van der Waals surface area contributed by atoms with Crippen molar-refractivity contribution in [2.75, 3.05) is 26.5 Å². The first-order valence-electron chi connectivity index (χ1n) is 8.21. The average molecular weight is 359 g/mol. The second-order valence-corrected chi connectivity index (χ2v) is 6.97. The van der Waals surface area contributed by atoms with E-state index >= 15 is 0 Å². The predicted octanol–water partition coefficient (Wildman–Crippen LogP) is 3.48. The van der Waals surface area contributed by atoms with E-state index in [0.29, 0.717) is 17.9 Å². The van der Waals surface area contributed by atoms with Crippen molar-refractivity contribution in [3.05, 3.63) is 59.7 Å². The van der Waals surface area contributed by atoms with Gasteiger partial charge in [0.15, 0.2) is 5.78 Å². The van der Waals surface area contributed by atoms with Crippen molar-refractivity contribution in [1.29, 1.82) is 0 Å². The maximum atomic E-state index is 11.4. The first kappa shape index (κ1) is 19.5. The zero-order chi connectivity index (χ0) is 18.2. The molecule has 0 saturated carbocycles. The number of hydrogen-bond donors (Lipinski definition) is 1. The summed E-state index contributed by atoms with van der Waals surface area (Å²) in [5.41, 5.74) is 1.82. The van der Waals surface area contributed by atoms with Crippen LogP contribution in [0.1, 0.15) is 22.8 Å². The minimum atomic E-state index is -0.601. The molecule has 134 valence electrons. The smallest absolute Gasteiger partial charge is 0.159 e. The van der Waals surface area contributed by atoms with E-state index in [4.69, 9.17) is 4.74 Å². The average Bonchev–Trinajstić information content (AvgIpc) is 2.60. The van der Waals surface area contributed by atoms with Crippen molar-refractivity contribution in [2.24, 2.45) is 0 Å². The van der Waals surface area contributed by atoms with Crippen LogP contribution in [0.5, 0.6) is 5.75 Å². The molecule has 1 atom stereocenters. The number of Topliss-reactive ketones (excluding diaryl/α,β-unsaturated/α-hetero) is 1. The highest BCUT2D eigenvalue weighted by Gasteiger charge is 2.10. The topological polar surface area (TPSA) is 49.8 Å². The van der Waals surface area contributed by atoms with Gasteiger partial charge in [0.05, 0.1) is 0 Å². The Morgan fingerprint density at radius 1 is 1.24 bits per heavy atom. The van der Waals surface area contributed by atoms with Gasteiger partial charge in [-0.3, -0.25) is 9.69 Å². The zero-order valence-corrected chi connectivity index (χ0v) is 15.8. The molecule has 1 unspecified atom stereocenters. The van der Waals surface area contributed by atoms with E-state index in [2.05, 4.69) is 35.4 Å². The normalized spacial score (nSPS) is 12.2. The molecule has 2 aromatic carbocycles. The van der Waals surface area contributed by atoms with Crippen molar-refractivity contribution in [3.63, 3.8) is 0 Å². The molecule has 2 rings (SSSR count). The number of ether oxygens (including phenoxy) is 1. The van der Waals surface area contributed by atoms with Crippen molar-refractivity contribution < 1.29 is 14.6 Å². The van der Waals surface area contributed by atoms with Crippen LogP contribution >= 0.6 is 11.8 Å². The van der Waals surface area contributed by atoms with Crippen LogP contribution in [-0.2, 0) is 6.54 Å². The number of carbonyl (C=O) groups is 1. The van der Waals surface area contributed by atoms with Crippen molar-refractivity contribution >= 4 is 17.5 Å². The van der Waals surface area contributed by atoms with Gasteiger partial charge >= 0.3 is 0 Å². The number of hydrogen-bond acceptors (Lipinski definition) is 5. The second kappa shape index (κ2) is 9.61. The Morgan fingerprint density at radius 3 is 2.60 bits per heavy atom. The summed E-state index contributed by atoms with van der Waals surface area (Å²) >= 11 is 1.72. The van der Waals surface area contributed by atoms with E-state index in [1.807, 2.05) is 7.05 Å². The molecule has 1 N–H and O–H groups in total. The van der Waals surface area contributed by atoms with E-state index in [9.17, 15) is 9.90 Å². The van der Waals surface area contributed by atoms with Gasteiger partial charge in [-0.2, -0.15) is 0 Å². The van der Waals surface area contributed by atoms with Gasteiger partial charge in [0.2, 0.25) is 0 Å². The molecule has 0 amide bonds. The molecule has 0 fully saturated rings. The van der Waals surface area contributed by atoms with Crippen LogP contribution in [0, 0.1) is 0 Å². The largest absolute Gasteiger partial charge is 0.491 e. The third kappa shape index (κ3) is 6.53. The lowest BCUT2D eigenvalue weighted by Crippen LogP contribution is -2.32. The zero-order valence-electron chi connectivity index (χ0n) is 14.9. The van der Waals surface area contributed by atoms with E-state index in [1.165, 1.54) is 17.4 Å². The van der Waals surface area contributed by atoms with E-state index in [0.717, 1.165) is 6.54 Å². The minimum Gasteiger partial charge on any atom is -0.491 e. The molecule has 0 aliphatic carbocycles. The van der Waals surface area contributed by atoms with Gasteiger partial charge in [-0.15, -0.1) is 11.8 Å². The summed E-state index contributed by atoms with van der Waals surface area (Å²) in [6, 6.07) is 15.5. The van der Waals surface area contributed by atoms with Gasteiger partial charge in [0.25, 0.3) is 0 Å². The van der Waals surface area contributed by atoms with Gasteiger partial charge in [-0.25, -0.2) is 0 Å². The van der Waals surface area contributed by atoms with Gasteiger partial charge in [-0.05, 0) is 50.1 Å². The quantitative estimate of drug-likeness (QED) is 0.549. The summed E-state index contributed by atoms with van der Waals surface area (Å²) in [5, 5.41) is 10.2. The molecule has 0 aromatic heterocycles. The van der Waals surface area contributed by atoms with Crippen LogP contribution in [-0.4, -0.2) is 48.3 Å². The first-order chi connectivity index (χ1) is 12.0. The Kier molecular flexibility index (Phi) is 7.50. The van der Waals surface area contributed by atoms with Gasteiger partial charge < -0.3 is 9.84 Å². The molecule has 0 radical (unpaired) electrons. The molecule has 4 nitrogen and oxygen atoms in total. The number of thioether (sulfide) groups is 1. The molecule has 5 heteroatoms. The van der Waals surface area contributed by atoms with Crippen LogP contribution in [0.25, 0.3) is 0 Å². The second-order valence-electron chi connectivity index (χ2n) is 6.09. The number of benzene rings is 2. The molecular formula is C20H25NO3S. The van der Waals surface area contributed by atoms with Gasteiger partial charge in [0.1, 0.15) is 18.5 Å². The summed E-state index contributed by atoms with van der Waals surface area (Å²) < 4.78 is 5.61. The number of ketones is 1. The lowest BCUT2D eigenvalue weighted by atomic mass is 10.1. The van der Waals surface area contributed by atoms with Crippen molar-refractivity contribution in [2.45, 2.75) is 24.5 Å². The molecule has 0 spiro atoms. The fourth-order valence-corrected chi connectivity index (χ4v) is 2.93. The van der Waals surface area contributed by atoms with Crippen LogP contribution in [0.3, 0.4) is 0 Å². The number of likely N-dealkylation sites (N-methyl/N-ethyl adjacent to an activating group) is 1. The van der Waals surface area contributed by atoms with E-state index in [1.54, 1.807) is 36.0 Å². The van der Waals surface area contributed by atoms with Crippen LogP contribution in [0.15, 0.2) is 53.4 Å². The SMILES string of the molecule is CSc1ccc(CN(C)CC(O)COc2cccc(C(C)=O)c2)cc1. The molecular weight excluding hydrogens is 334 g/mol. The molecule has 0 bridgehead atoms. The number of aliphatic hydroxyl groups is 1.